The SMILES string of the molecule is N#Cc1ccc(-n2ccc(=O)[nH]c2=S)cc1Br. The molecule has 84 valence electrons. The van der Waals surface area contributed by atoms with Gasteiger partial charge in [-0.05, 0) is 46.3 Å². The predicted octanol–water partition coefficient (Wildman–Crippen LogP) is 2.53. The molecule has 0 aliphatic heterocycles. The van der Waals surface area contributed by atoms with Crippen molar-refractivity contribution in [1.29, 1.82) is 5.26 Å². The van der Waals surface area contributed by atoms with Gasteiger partial charge in [0, 0.05) is 22.4 Å². The smallest absolute Gasteiger partial charge is 0.251 e. The third-order valence-corrected chi connectivity index (χ3v) is 3.13. The first-order valence-electron chi connectivity index (χ1n) is 4.64. The highest BCUT2D eigenvalue weighted by Crippen LogP contribution is 2.19. The zero-order valence-electron chi connectivity index (χ0n) is 8.48. The van der Waals surface area contributed by atoms with Crippen LogP contribution < -0.4 is 5.56 Å². The van der Waals surface area contributed by atoms with E-state index in [2.05, 4.69) is 27.0 Å². The Labute approximate surface area is 110 Å². The fourth-order valence-corrected chi connectivity index (χ4v) is 2.09. The first-order valence-corrected chi connectivity index (χ1v) is 5.84. The van der Waals surface area contributed by atoms with E-state index in [1.165, 1.54) is 6.07 Å². The number of aromatic amines is 1. The van der Waals surface area contributed by atoms with Gasteiger partial charge in [0.2, 0.25) is 0 Å². The van der Waals surface area contributed by atoms with Crippen molar-refractivity contribution in [3.05, 3.63) is 55.6 Å². The molecule has 1 N–H and O–H groups in total. The van der Waals surface area contributed by atoms with Crippen LogP contribution in [0.1, 0.15) is 5.56 Å². The Morgan fingerprint density at radius 2 is 2.18 bits per heavy atom. The van der Waals surface area contributed by atoms with Crippen LogP contribution in [0.2, 0.25) is 0 Å². The molecule has 17 heavy (non-hydrogen) atoms. The molecule has 1 heterocycles. The van der Waals surface area contributed by atoms with Gasteiger partial charge in [-0.25, -0.2) is 0 Å². The summed E-state index contributed by atoms with van der Waals surface area (Å²) in [6.45, 7) is 0. The van der Waals surface area contributed by atoms with Crippen molar-refractivity contribution < 1.29 is 0 Å². The summed E-state index contributed by atoms with van der Waals surface area (Å²) in [7, 11) is 0. The van der Waals surface area contributed by atoms with Gasteiger partial charge in [0.15, 0.2) is 4.77 Å². The van der Waals surface area contributed by atoms with Crippen LogP contribution in [0, 0.1) is 16.1 Å². The van der Waals surface area contributed by atoms with E-state index in [9.17, 15) is 4.79 Å². The highest BCUT2D eigenvalue weighted by molar-refractivity contribution is 9.10. The van der Waals surface area contributed by atoms with Crippen LogP contribution in [-0.4, -0.2) is 9.55 Å². The first-order chi connectivity index (χ1) is 8.11. The molecule has 0 saturated carbocycles. The van der Waals surface area contributed by atoms with Crippen molar-refractivity contribution in [2.45, 2.75) is 0 Å². The van der Waals surface area contributed by atoms with E-state index in [1.807, 2.05) is 0 Å². The fourth-order valence-electron chi connectivity index (χ4n) is 1.37. The summed E-state index contributed by atoms with van der Waals surface area (Å²) >= 11 is 8.35. The fraction of sp³-hybridized carbons (Fsp3) is 0. The van der Waals surface area contributed by atoms with Gasteiger partial charge in [-0.2, -0.15) is 5.26 Å². The normalized spacial score (nSPS) is 9.88. The summed E-state index contributed by atoms with van der Waals surface area (Å²) in [5, 5.41) is 8.82. The Morgan fingerprint density at radius 1 is 1.41 bits per heavy atom. The summed E-state index contributed by atoms with van der Waals surface area (Å²) in [6, 6.07) is 8.67. The molecule has 0 aliphatic carbocycles. The highest BCUT2D eigenvalue weighted by Gasteiger charge is 2.02. The number of benzene rings is 1. The molecule has 0 amide bonds. The minimum atomic E-state index is -0.237. The molecule has 0 radical (unpaired) electrons. The van der Waals surface area contributed by atoms with Gasteiger partial charge in [-0.3, -0.25) is 14.3 Å². The van der Waals surface area contributed by atoms with Crippen LogP contribution in [0.25, 0.3) is 5.69 Å². The number of nitrogens with zero attached hydrogens (tertiary/aromatic N) is 2. The van der Waals surface area contributed by atoms with Crippen molar-refractivity contribution in [3.63, 3.8) is 0 Å². The molecular weight excluding hydrogens is 302 g/mol. The van der Waals surface area contributed by atoms with E-state index in [-0.39, 0.29) is 5.56 Å². The molecule has 0 saturated heterocycles. The number of rotatable bonds is 1. The van der Waals surface area contributed by atoms with Crippen LogP contribution in [0.5, 0.6) is 0 Å². The van der Waals surface area contributed by atoms with E-state index in [4.69, 9.17) is 17.5 Å². The van der Waals surface area contributed by atoms with Gasteiger partial charge >= 0.3 is 0 Å². The van der Waals surface area contributed by atoms with Crippen LogP contribution in [0.15, 0.2) is 39.7 Å². The van der Waals surface area contributed by atoms with Crippen LogP contribution in [-0.2, 0) is 0 Å². The molecule has 4 nitrogen and oxygen atoms in total. The molecule has 1 aromatic heterocycles. The largest absolute Gasteiger partial charge is 0.299 e. The van der Waals surface area contributed by atoms with Gasteiger partial charge < -0.3 is 0 Å². The summed E-state index contributed by atoms with van der Waals surface area (Å²) in [4.78, 5) is 13.6. The second kappa shape index (κ2) is 4.65. The summed E-state index contributed by atoms with van der Waals surface area (Å²) < 4.78 is 2.66. The van der Waals surface area contributed by atoms with E-state index in [1.54, 1.807) is 29.0 Å². The quantitative estimate of drug-likeness (QED) is 0.824. The molecule has 0 aliphatic rings. The summed E-state index contributed by atoms with van der Waals surface area (Å²) in [5.41, 5.74) is 1.08. The number of hydrogen-bond donors (Lipinski definition) is 1. The Bertz CT molecular complexity index is 726. The van der Waals surface area contributed by atoms with Crippen molar-refractivity contribution in [3.8, 4) is 11.8 Å². The molecule has 0 unspecified atom stereocenters. The number of hydrogen-bond acceptors (Lipinski definition) is 3. The zero-order valence-corrected chi connectivity index (χ0v) is 10.9. The molecular formula is C11H6BrN3OS. The number of aromatic nitrogens is 2. The van der Waals surface area contributed by atoms with Crippen molar-refractivity contribution in [1.82, 2.24) is 9.55 Å². The Morgan fingerprint density at radius 3 is 2.76 bits per heavy atom. The van der Waals surface area contributed by atoms with Gasteiger partial charge in [-0.1, -0.05) is 0 Å². The third-order valence-electron chi connectivity index (χ3n) is 2.18. The van der Waals surface area contributed by atoms with Gasteiger partial charge in [0.05, 0.1) is 5.56 Å². The highest BCUT2D eigenvalue weighted by atomic mass is 79.9. The second-order valence-corrected chi connectivity index (χ2v) is 4.50. The summed E-state index contributed by atoms with van der Waals surface area (Å²) in [6.07, 6.45) is 1.59. The van der Waals surface area contributed by atoms with E-state index in [0.717, 1.165) is 5.69 Å². The van der Waals surface area contributed by atoms with Crippen molar-refractivity contribution >= 4 is 28.1 Å². The predicted molar refractivity (Wildman–Crippen MR) is 69.6 cm³/mol. The molecule has 6 heteroatoms. The number of halogens is 1. The monoisotopic (exact) mass is 307 g/mol. The number of nitrogens with one attached hydrogen (secondary N) is 1. The van der Waals surface area contributed by atoms with Crippen molar-refractivity contribution in [2.75, 3.05) is 0 Å². The molecule has 0 fully saturated rings. The lowest BCUT2D eigenvalue weighted by Gasteiger charge is -2.06. The lowest BCUT2D eigenvalue weighted by Crippen LogP contribution is -2.09. The average molecular weight is 308 g/mol. The van der Waals surface area contributed by atoms with Crippen LogP contribution in [0.3, 0.4) is 0 Å². The van der Waals surface area contributed by atoms with Crippen molar-refractivity contribution in [2.24, 2.45) is 0 Å². The number of nitriles is 1. The lowest BCUT2D eigenvalue weighted by atomic mass is 10.2. The molecule has 1 aromatic carbocycles. The second-order valence-electron chi connectivity index (χ2n) is 3.26. The van der Waals surface area contributed by atoms with Crippen LogP contribution >= 0.6 is 28.1 Å². The van der Waals surface area contributed by atoms with E-state index in [0.29, 0.717) is 14.8 Å². The molecule has 0 spiro atoms. The van der Waals surface area contributed by atoms with E-state index >= 15 is 0 Å². The minimum absolute atomic E-state index is 0.237. The lowest BCUT2D eigenvalue weighted by molar-refractivity contribution is 0.936. The Kier molecular flexibility index (Phi) is 3.22. The van der Waals surface area contributed by atoms with Crippen LogP contribution in [0.4, 0.5) is 0 Å². The molecule has 2 rings (SSSR count). The maximum Gasteiger partial charge on any atom is 0.251 e. The molecule has 0 atom stereocenters. The molecule has 2 aromatic rings. The molecule has 0 bridgehead atoms. The standard InChI is InChI=1S/C11H6BrN3OS/c12-9-5-8(2-1-7(9)6-13)15-4-3-10(16)14-11(15)17/h1-5H,(H,14,16,17). The van der Waals surface area contributed by atoms with Gasteiger partial charge in [0.1, 0.15) is 6.07 Å². The maximum atomic E-state index is 11.1. The minimum Gasteiger partial charge on any atom is -0.299 e. The first kappa shape index (κ1) is 11.8. The Hall–Kier alpha value is -1.71. The van der Waals surface area contributed by atoms with Gasteiger partial charge in [0.25, 0.3) is 5.56 Å². The topological polar surface area (TPSA) is 61.6 Å². The average Bonchev–Trinajstić information content (AvgIpc) is 2.29. The zero-order chi connectivity index (χ0) is 12.4. The number of H-pyrrole nitrogens is 1. The summed E-state index contributed by atoms with van der Waals surface area (Å²) in [5.74, 6) is 0. The van der Waals surface area contributed by atoms with E-state index < -0.39 is 0 Å². The third kappa shape index (κ3) is 2.35. The maximum absolute atomic E-state index is 11.1. The van der Waals surface area contributed by atoms with Gasteiger partial charge in [-0.15, -0.1) is 0 Å². The Balaban J connectivity index is 2.62.